The van der Waals surface area contributed by atoms with Crippen LogP contribution in [-0.4, -0.2) is 24.8 Å². The number of carbonyl (C=O) groups is 1. The Bertz CT molecular complexity index is 494. The second kappa shape index (κ2) is 6.27. The number of thiol groups is 1. The van der Waals surface area contributed by atoms with E-state index >= 15 is 0 Å². The molecule has 110 valence electrons. The number of rotatable bonds is 5. The van der Waals surface area contributed by atoms with E-state index < -0.39 is 0 Å². The van der Waals surface area contributed by atoms with Gasteiger partial charge in [-0.15, -0.1) is 0 Å². The zero-order valence-electron chi connectivity index (χ0n) is 11.9. The van der Waals surface area contributed by atoms with E-state index in [4.69, 9.17) is 16.3 Å². The van der Waals surface area contributed by atoms with Gasteiger partial charge in [0.05, 0.1) is 5.69 Å². The Balaban J connectivity index is 2.36. The quantitative estimate of drug-likeness (QED) is 0.838. The summed E-state index contributed by atoms with van der Waals surface area (Å²) in [6.07, 6.45) is 1.96. The summed E-state index contributed by atoms with van der Waals surface area (Å²) in [5.41, 5.74) is 0.789. The summed E-state index contributed by atoms with van der Waals surface area (Å²) in [6, 6.07) is 5.39. The third kappa shape index (κ3) is 2.91. The minimum absolute atomic E-state index is 0.0205. The average molecular weight is 314 g/mol. The molecule has 0 aliphatic carbocycles. The molecule has 0 unspecified atom stereocenters. The molecule has 0 radical (unpaired) electrons. The van der Waals surface area contributed by atoms with Crippen LogP contribution in [0.4, 0.5) is 5.69 Å². The first kappa shape index (κ1) is 15.5. The van der Waals surface area contributed by atoms with Crippen LogP contribution in [0.2, 0.25) is 5.02 Å². The molecular weight excluding hydrogens is 294 g/mol. The molecule has 1 aromatic carbocycles. The fourth-order valence-electron chi connectivity index (χ4n) is 2.43. The lowest BCUT2D eigenvalue weighted by molar-refractivity contribution is -0.121. The largest absolute Gasteiger partial charge is 0.482 e. The molecule has 1 heterocycles. The molecule has 1 aromatic rings. The number of halogens is 1. The highest BCUT2D eigenvalue weighted by molar-refractivity contribution is 7.80. The minimum atomic E-state index is -0.0205. The third-order valence-corrected chi connectivity index (χ3v) is 5.10. The second-order valence-electron chi connectivity index (χ2n) is 5.25. The summed E-state index contributed by atoms with van der Waals surface area (Å²) in [6.45, 7) is 5.02. The van der Waals surface area contributed by atoms with Crippen LogP contribution in [0.3, 0.4) is 0 Å². The number of fused-ring (bicyclic) bond motifs is 1. The van der Waals surface area contributed by atoms with Crippen molar-refractivity contribution in [2.75, 3.05) is 23.8 Å². The molecule has 0 fully saturated rings. The van der Waals surface area contributed by atoms with Crippen LogP contribution in [0.1, 0.15) is 26.7 Å². The highest BCUT2D eigenvalue weighted by Gasteiger charge is 2.34. The van der Waals surface area contributed by atoms with E-state index in [9.17, 15) is 4.79 Å². The molecule has 2 rings (SSSR count). The van der Waals surface area contributed by atoms with E-state index in [-0.39, 0.29) is 17.9 Å². The van der Waals surface area contributed by atoms with Crippen LogP contribution in [0, 0.1) is 5.41 Å². The maximum absolute atomic E-state index is 12.2. The molecule has 0 aromatic heterocycles. The number of benzene rings is 1. The number of amides is 1. The SMILES string of the molecule is CCC(CC)(CS)CN1C(=O)COc2ccc(Cl)cc21. The van der Waals surface area contributed by atoms with Crippen molar-refractivity contribution in [1.29, 1.82) is 0 Å². The van der Waals surface area contributed by atoms with E-state index in [1.807, 2.05) is 6.07 Å². The molecule has 0 bridgehead atoms. The van der Waals surface area contributed by atoms with Crippen LogP contribution < -0.4 is 9.64 Å². The van der Waals surface area contributed by atoms with Crippen molar-refractivity contribution in [2.24, 2.45) is 5.41 Å². The van der Waals surface area contributed by atoms with Gasteiger partial charge in [0.2, 0.25) is 0 Å². The Morgan fingerprint density at radius 3 is 2.70 bits per heavy atom. The summed E-state index contributed by atoms with van der Waals surface area (Å²) in [4.78, 5) is 14.0. The zero-order chi connectivity index (χ0) is 14.8. The van der Waals surface area contributed by atoms with Crippen LogP contribution >= 0.6 is 24.2 Å². The first-order valence-corrected chi connectivity index (χ1v) is 7.90. The zero-order valence-corrected chi connectivity index (χ0v) is 13.5. The Kier molecular flexibility index (Phi) is 4.86. The van der Waals surface area contributed by atoms with Crippen molar-refractivity contribution in [2.45, 2.75) is 26.7 Å². The van der Waals surface area contributed by atoms with E-state index in [1.54, 1.807) is 17.0 Å². The molecule has 0 atom stereocenters. The standard InChI is InChI=1S/C15H20ClNO2S/c1-3-15(4-2,10-20)9-17-12-7-11(16)5-6-13(12)19-8-14(17)18/h5-7,20H,3-4,8-10H2,1-2H3. The summed E-state index contributed by atoms with van der Waals surface area (Å²) in [5.74, 6) is 1.45. The lowest BCUT2D eigenvalue weighted by atomic mass is 9.83. The van der Waals surface area contributed by atoms with Crippen molar-refractivity contribution in [3.05, 3.63) is 23.2 Å². The fraction of sp³-hybridized carbons (Fsp3) is 0.533. The molecule has 0 saturated carbocycles. The van der Waals surface area contributed by atoms with Crippen molar-refractivity contribution in [3.63, 3.8) is 0 Å². The van der Waals surface area contributed by atoms with Crippen LogP contribution in [0.25, 0.3) is 0 Å². The lowest BCUT2D eigenvalue weighted by Crippen LogP contribution is -2.46. The summed E-state index contributed by atoms with van der Waals surface area (Å²) in [7, 11) is 0. The van der Waals surface area contributed by atoms with Gasteiger partial charge in [0, 0.05) is 11.6 Å². The van der Waals surface area contributed by atoms with Crippen molar-refractivity contribution < 1.29 is 9.53 Å². The second-order valence-corrected chi connectivity index (χ2v) is 6.00. The van der Waals surface area contributed by atoms with Gasteiger partial charge in [-0.2, -0.15) is 12.6 Å². The van der Waals surface area contributed by atoms with Gasteiger partial charge in [0.15, 0.2) is 6.61 Å². The van der Waals surface area contributed by atoms with Gasteiger partial charge < -0.3 is 9.64 Å². The summed E-state index contributed by atoms with van der Waals surface area (Å²) < 4.78 is 5.47. The summed E-state index contributed by atoms with van der Waals surface area (Å²) >= 11 is 10.5. The van der Waals surface area contributed by atoms with Gasteiger partial charge in [0.25, 0.3) is 5.91 Å². The molecule has 3 nitrogen and oxygen atoms in total. The van der Waals surface area contributed by atoms with Gasteiger partial charge >= 0.3 is 0 Å². The van der Waals surface area contributed by atoms with Gasteiger partial charge in [-0.05, 0) is 42.2 Å². The molecule has 0 N–H and O–H groups in total. The van der Waals surface area contributed by atoms with Gasteiger partial charge in [0.1, 0.15) is 5.75 Å². The van der Waals surface area contributed by atoms with Gasteiger partial charge in [-0.25, -0.2) is 0 Å². The smallest absolute Gasteiger partial charge is 0.265 e. The maximum atomic E-state index is 12.2. The molecule has 0 spiro atoms. The number of anilines is 1. The van der Waals surface area contributed by atoms with E-state index in [2.05, 4.69) is 26.5 Å². The number of hydrogen-bond donors (Lipinski definition) is 1. The molecule has 1 amide bonds. The van der Waals surface area contributed by atoms with Gasteiger partial charge in [-0.1, -0.05) is 25.4 Å². The molecule has 20 heavy (non-hydrogen) atoms. The van der Waals surface area contributed by atoms with Crippen molar-refractivity contribution in [3.8, 4) is 5.75 Å². The fourth-order valence-corrected chi connectivity index (χ4v) is 3.14. The lowest BCUT2D eigenvalue weighted by Gasteiger charge is -2.38. The topological polar surface area (TPSA) is 29.5 Å². The highest BCUT2D eigenvalue weighted by atomic mass is 35.5. The van der Waals surface area contributed by atoms with E-state index in [0.29, 0.717) is 17.3 Å². The van der Waals surface area contributed by atoms with E-state index in [1.165, 1.54) is 0 Å². The van der Waals surface area contributed by atoms with E-state index in [0.717, 1.165) is 24.3 Å². The third-order valence-electron chi connectivity index (χ3n) is 4.19. The predicted octanol–water partition coefficient (Wildman–Crippen LogP) is 3.80. The van der Waals surface area contributed by atoms with Crippen molar-refractivity contribution in [1.82, 2.24) is 0 Å². The molecule has 1 aliphatic rings. The maximum Gasteiger partial charge on any atom is 0.265 e. The van der Waals surface area contributed by atoms with Crippen LogP contribution in [0.5, 0.6) is 5.75 Å². The number of carbonyl (C=O) groups excluding carboxylic acids is 1. The molecular formula is C15H20ClNO2S. The molecule has 5 heteroatoms. The number of nitrogens with zero attached hydrogens (tertiary/aromatic N) is 1. The van der Waals surface area contributed by atoms with Crippen molar-refractivity contribution >= 4 is 35.8 Å². The van der Waals surface area contributed by atoms with Crippen LogP contribution in [0.15, 0.2) is 18.2 Å². The Labute approximate surface area is 130 Å². The van der Waals surface area contributed by atoms with Crippen LogP contribution in [-0.2, 0) is 4.79 Å². The first-order valence-electron chi connectivity index (χ1n) is 6.89. The number of hydrogen-bond acceptors (Lipinski definition) is 3. The minimum Gasteiger partial charge on any atom is -0.482 e. The molecule has 0 saturated heterocycles. The predicted molar refractivity (Wildman–Crippen MR) is 86.2 cm³/mol. The monoisotopic (exact) mass is 313 g/mol. The Morgan fingerprint density at radius 2 is 2.10 bits per heavy atom. The highest BCUT2D eigenvalue weighted by Crippen LogP contribution is 2.38. The normalized spacial score (nSPS) is 15.0. The molecule has 1 aliphatic heterocycles. The van der Waals surface area contributed by atoms with Gasteiger partial charge in [-0.3, -0.25) is 4.79 Å². The Morgan fingerprint density at radius 1 is 1.40 bits per heavy atom. The Hall–Kier alpha value is -0.870. The number of ether oxygens (including phenoxy) is 1. The average Bonchev–Trinajstić information content (AvgIpc) is 2.47. The first-order chi connectivity index (χ1) is 9.55. The summed E-state index contributed by atoms with van der Waals surface area (Å²) in [5, 5.41) is 0.608.